The molecule has 0 saturated carbocycles. The van der Waals surface area contributed by atoms with E-state index in [0.717, 1.165) is 6.07 Å². The van der Waals surface area contributed by atoms with Gasteiger partial charge in [0, 0.05) is 11.8 Å². The van der Waals surface area contributed by atoms with E-state index in [0.29, 0.717) is 0 Å². The fourth-order valence-electron chi connectivity index (χ4n) is 3.44. The molecule has 0 aliphatic rings. The second-order valence-electron chi connectivity index (χ2n) is 7.81. The summed E-state index contributed by atoms with van der Waals surface area (Å²) in [6.45, 7) is -0.00359. The maximum Gasteiger partial charge on any atom is 1.00 e. The Kier molecular flexibility index (Phi) is 10.7. The number of hydrogen-bond donors (Lipinski definition) is 2. The summed E-state index contributed by atoms with van der Waals surface area (Å²) in [4.78, 5) is 21.9. The van der Waals surface area contributed by atoms with E-state index >= 15 is 0 Å². The molecule has 2 heterocycles. The molecule has 39 heavy (non-hydrogen) atoms. The average molecular weight is 612 g/mol. The quantitative estimate of drug-likeness (QED) is 0.219. The number of para-hydroxylation sites is 1. The molecular formula is C23H18ClF3N3NaO6S2. The van der Waals surface area contributed by atoms with Crippen molar-refractivity contribution in [3.63, 3.8) is 0 Å². The summed E-state index contributed by atoms with van der Waals surface area (Å²) in [5.41, 5.74) is 0.556. The normalized spacial score (nSPS) is 12.3. The van der Waals surface area contributed by atoms with E-state index in [1.54, 1.807) is 0 Å². The molecular weight excluding hydrogens is 594 g/mol. The molecule has 0 saturated heterocycles. The fraction of sp³-hybridized carbons (Fsp3) is 0.174. The van der Waals surface area contributed by atoms with E-state index in [9.17, 15) is 35.7 Å². The third-order valence-electron chi connectivity index (χ3n) is 5.27. The van der Waals surface area contributed by atoms with E-state index in [4.69, 9.17) is 4.74 Å². The first-order chi connectivity index (χ1) is 17.4. The Morgan fingerprint density at radius 1 is 1.15 bits per heavy atom. The van der Waals surface area contributed by atoms with Gasteiger partial charge in [-0.1, -0.05) is 12.1 Å². The van der Waals surface area contributed by atoms with E-state index in [1.807, 2.05) is 0 Å². The van der Waals surface area contributed by atoms with E-state index in [2.05, 4.69) is 15.0 Å². The van der Waals surface area contributed by atoms with Crippen molar-refractivity contribution in [2.24, 2.45) is 0 Å². The van der Waals surface area contributed by atoms with Crippen LogP contribution in [-0.4, -0.2) is 51.4 Å². The number of aromatic nitrogens is 3. The number of carbonyl (C=O) groups is 1. The molecule has 1 unspecified atom stereocenters. The van der Waals surface area contributed by atoms with E-state index in [1.165, 1.54) is 55.6 Å². The molecule has 202 valence electrons. The number of pyridine rings is 1. The predicted molar refractivity (Wildman–Crippen MR) is 126 cm³/mol. The molecule has 0 aliphatic heterocycles. The van der Waals surface area contributed by atoms with Gasteiger partial charge in [-0.05, 0) is 43.3 Å². The summed E-state index contributed by atoms with van der Waals surface area (Å²) in [5, 5.41) is 9.13. The Bertz CT molecular complexity index is 1650. The molecule has 0 bridgehead atoms. The maximum atomic E-state index is 13.3. The molecule has 0 amide bonds. The Morgan fingerprint density at radius 3 is 2.51 bits per heavy atom. The topological polar surface area (TPSA) is 139 Å². The molecule has 2 aromatic carbocycles. The van der Waals surface area contributed by atoms with Crippen molar-refractivity contribution in [1.29, 1.82) is 0 Å². The van der Waals surface area contributed by atoms with Crippen LogP contribution in [0.4, 0.5) is 13.2 Å². The average Bonchev–Trinajstić information content (AvgIpc) is 3.28. The van der Waals surface area contributed by atoms with Gasteiger partial charge in [0.25, 0.3) is 0 Å². The zero-order chi connectivity index (χ0) is 27.0. The van der Waals surface area contributed by atoms with Crippen molar-refractivity contribution in [3.8, 4) is 5.75 Å². The van der Waals surface area contributed by atoms with E-state index < -0.39 is 39.4 Å². The third-order valence-corrected chi connectivity index (χ3v) is 8.21. The summed E-state index contributed by atoms with van der Waals surface area (Å²) in [7, 11) is -6.06. The zero-order valence-corrected chi connectivity index (χ0v) is 24.7. The Hall–Kier alpha value is -2.49. The molecule has 1 atom stereocenters. The second-order valence-corrected chi connectivity index (χ2v) is 11.1. The van der Waals surface area contributed by atoms with Gasteiger partial charge in [0.05, 0.1) is 43.1 Å². The van der Waals surface area contributed by atoms with Gasteiger partial charge in [0.2, 0.25) is 9.84 Å². The minimum Gasteiger partial charge on any atom is -1.00 e. The predicted octanol–water partition coefficient (Wildman–Crippen LogP) is -1.95. The number of rotatable bonds is 8. The standard InChI is InChI=1S/C23H18F3N3O6S2.ClH.Na/c1-13-17(27-9-8-18(13)35-12-23(24,25)26)11-36(32)22-28-16-6-3-7-19(20(16)29-22)37(33,34)15-5-2-4-14(10-15)21(30)31;;/h2-10H,11-12H2,1H3,(H,28,29)(H,30,31);1H;/q;;+1/p-1. The van der Waals surface area contributed by atoms with Gasteiger partial charge in [0.1, 0.15) is 11.3 Å². The van der Waals surface area contributed by atoms with Crippen LogP contribution in [0.25, 0.3) is 11.0 Å². The summed E-state index contributed by atoms with van der Waals surface area (Å²) < 4.78 is 82.0. The molecule has 4 rings (SSSR count). The van der Waals surface area contributed by atoms with Crippen LogP contribution < -0.4 is 46.7 Å². The SMILES string of the molecule is Cc1c(OCC(F)(F)F)ccnc1CS(=O)c1nc2c(S(=O)(=O)c3cccc(C(=O)O)c3)cccc2[nH]1.[Cl-].[Na+]. The van der Waals surface area contributed by atoms with Crippen molar-refractivity contribution in [2.75, 3.05) is 6.61 Å². The third kappa shape index (κ3) is 7.38. The monoisotopic (exact) mass is 611 g/mol. The van der Waals surface area contributed by atoms with Gasteiger partial charge >= 0.3 is 41.7 Å². The van der Waals surface area contributed by atoms with Crippen molar-refractivity contribution >= 4 is 37.6 Å². The molecule has 4 aromatic rings. The molecule has 0 fully saturated rings. The number of H-pyrrole nitrogens is 1. The van der Waals surface area contributed by atoms with Gasteiger partial charge in [-0.3, -0.25) is 9.19 Å². The Labute approximate surface area is 251 Å². The van der Waals surface area contributed by atoms with Crippen molar-refractivity contribution < 1.29 is 82.4 Å². The Morgan fingerprint density at radius 2 is 1.85 bits per heavy atom. The van der Waals surface area contributed by atoms with Crippen molar-refractivity contribution in [3.05, 3.63) is 71.5 Å². The number of ether oxygens (including phenoxy) is 1. The van der Waals surface area contributed by atoms with Gasteiger partial charge in [-0.2, -0.15) is 13.2 Å². The van der Waals surface area contributed by atoms with Crippen molar-refractivity contribution in [1.82, 2.24) is 15.0 Å². The summed E-state index contributed by atoms with van der Waals surface area (Å²) in [6.07, 6.45) is -3.29. The number of carboxylic acids is 1. The van der Waals surface area contributed by atoms with Crippen LogP contribution in [0.3, 0.4) is 0 Å². The largest absolute Gasteiger partial charge is 1.00 e. The van der Waals surface area contributed by atoms with Gasteiger partial charge in [-0.15, -0.1) is 0 Å². The number of hydrogen-bond acceptors (Lipinski definition) is 7. The number of aromatic carboxylic acids is 1. The molecule has 0 spiro atoms. The fourth-order valence-corrected chi connectivity index (χ4v) is 6.00. The summed E-state index contributed by atoms with van der Waals surface area (Å²) >= 11 is 0. The van der Waals surface area contributed by atoms with Crippen LogP contribution in [0.2, 0.25) is 0 Å². The first kappa shape index (κ1) is 32.7. The molecule has 16 heteroatoms. The zero-order valence-electron chi connectivity index (χ0n) is 20.3. The molecule has 2 aromatic heterocycles. The van der Waals surface area contributed by atoms with Crippen LogP contribution in [0, 0.1) is 6.92 Å². The van der Waals surface area contributed by atoms with Crippen molar-refractivity contribution in [2.45, 2.75) is 33.8 Å². The van der Waals surface area contributed by atoms with Crippen LogP contribution in [-0.2, 0) is 26.4 Å². The Balaban J connectivity index is 0.00000267. The maximum absolute atomic E-state index is 13.3. The van der Waals surface area contributed by atoms with E-state index in [-0.39, 0.29) is 96.3 Å². The smallest absolute Gasteiger partial charge is 1.00 e. The van der Waals surface area contributed by atoms with Crippen LogP contribution in [0.15, 0.2) is 69.7 Å². The number of nitrogens with zero attached hydrogens (tertiary/aromatic N) is 2. The minimum atomic E-state index is -4.53. The number of halogens is 4. The number of alkyl halides is 3. The number of sulfone groups is 1. The second kappa shape index (κ2) is 12.8. The molecule has 2 N–H and O–H groups in total. The first-order valence-electron chi connectivity index (χ1n) is 10.5. The number of aromatic amines is 1. The molecule has 9 nitrogen and oxygen atoms in total. The van der Waals surface area contributed by atoms with Crippen LogP contribution >= 0.6 is 0 Å². The van der Waals surface area contributed by atoms with Gasteiger partial charge in [0.15, 0.2) is 11.8 Å². The summed E-state index contributed by atoms with van der Waals surface area (Å²) in [6, 6.07) is 10.4. The van der Waals surface area contributed by atoms with Crippen LogP contribution in [0.1, 0.15) is 21.6 Å². The number of fused-ring (bicyclic) bond motifs is 1. The first-order valence-corrected chi connectivity index (χ1v) is 13.3. The minimum absolute atomic E-state index is 0. The summed E-state index contributed by atoms with van der Waals surface area (Å²) in [5.74, 6) is -1.57. The number of nitrogens with one attached hydrogen (secondary N) is 1. The van der Waals surface area contributed by atoms with Crippen LogP contribution in [0.5, 0.6) is 5.75 Å². The number of imidazole rings is 1. The van der Waals surface area contributed by atoms with Gasteiger partial charge in [-0.25, -0.2) is 18.2 Å². The molecule has 0 aliphatic carbocycles. The van der Waals surface area contributed by atoms with Gasteiger partial charge < -0.3 is 27.2 Å². The number of carboxylic acid groups (broad SMARTS) is 1. The molecule has 0 radical (unpaired) electrons. The number of benzene rings is 2.